The summed E-state index contributed by atoms with van der Waals surface area (Å²) in [6, 6.07) is 13.6. The van der Waals surface area contributed by atoms with Crippen LogP contribution in [-0.4, -0.2) is 35.2 Å². The fourth-order valence-electron chi connectivity index (χ4n) is 2.49. The van der Waals surface area contributed by atoms with Crippen molar-refractivity contribution in [2.24, 2.45) is 0 Å². The van der Waals surface area contributed by atoms with Gasteiger partial charge in [-0.2, -0.15) is 0 Å². The molecule has 7 nitrogen and oxygen atoms in total. The third kappa shape index (κ3) is 4.77. The lowest BCUT2D eigenvalue weighted by atomic mass is 10.2. The van der Waals surface area contributed by atoms with E-state index in [2.05, 4.69) is 10.3 Å². The Labute approximate surface area is 174 Å². The minimum atomic E-state index is -3.99. The zero-order valence-corrected chi connectivity index (χ0v) is 18.5. The molecule has 0 spiro atoms. The zero-order chi connectivity index (χ0) is 21.2. The minimum absolute atomic E-state index is 0.0564. The summed E-state index contributed by atoms with van der Waals surface area (Å²) >= 11 is 0.804. The standard InChI is InChI=1S/C19H20N2O5S3/c1-13-4-10-16(11-5-13)29(24,25)18-17(27-19(21-18)28(3,22)23)20-12-14-6-8-15(26-2)9-7-14/h4-11,20H,12H2,1-3H3. The van der Waals surface area contributed by atoms with Gasteiger partial charge in [-0.25, -0.2) is 21.8 Å². The SMILES string of the molecule is COc1ccc(CNc2sc(S(C)(=O)=O)nc2S(=O)(=O)c2ccc(C)cc2)cc1. The lowest BCUT2D eigenvalue weighted by Crippen LogP contribution is -2.07. The molecule has 3 aromatic rings. The van der Waals surface area contributed by atoms with Gasteiger partial charge in [0.1, 0.15) is 10.8 Å². The predicted octanol–water partition coefficient (Wildman–Crippen LogP) is 3.31. The second-order valence-corrected chi connectivity index (χ2v) is 11.5. The molecule has 3 rings (SSSR count). The molecule has 0 saturated carbocycles. The average Bonchev–Trinajstić information content (AvgIpc) is 3.13. The number of anilines is 1. The molecule has 1 aromatic heterocycles. The molecular weight excluding hydrogens is 432 g/mol. The van der Waals surface area contributed by atoms with Crippen molar-refractivity contribution >= 4 is 36.0 Å². The molecule has 0 aliphatic heterocycles. The summed E-state index contributed by atoms with van der Waals surface area (Å²) < 4.78 is 55.0. The molecule has 0 aliphatic rings. The number of ether oxygens (including phenoxy) is 1. The van der Waals surface area contributed by atoms with Crippen LogP contribution < -0.4 is 10.1 Å². The van der Waals surface area contributed by atoms with E-state index in [0.29, 0.717) is 12.3 Å². The summed E-state index contributed by atoms with van der Waals surface area (Å²) in [4.78, 5) is 4.01. The maximum absolute atomic E-state index is 13.1. The fourth-order valence-corrected chi connectivity index (χ4v) is 6.01. The molecule has 154 valence electrons. The number of sulfone groups is 2. The molecule has 10 heteroatoms. The van der Waals surface area contributed by atoms with Gasteiger partial charge in [0.05, 0.1) is 12.0 Å². The van der Waals surface area contributed by atoms with Crippen molar-refractivity contribution in [3.63, 3.8) is 0 Å². The first kappa shape index (κ1) is 21.3. The lowest BCUT2D eigenvalue weighted by Gasteiger charge is -2.08. The number of nitrogens with zero attached hydrogens (tertiary/aromatic N) is 1. The summed E-state index contributed by atoms with van der Waals surface area (Å²) in [7, 11) is -6.08. The van der Waals surface area contributed by atoms with Gasteiger partial charge in [0.2, 0.25) is 24.0 Å². The van der Waals surface area contributed by atoms with Gasteiger partial charge in [-0.3, -0.25) is 0 Å². The van der Waals surface area contributed by atoms with Crippen LogP contribution in [0.4, 0.5) is 5.00 Å². The number of aromatic nitrogens is 1. The van der Waals surface area contributed by atoms with Gasteiger partial charge >= 0.3 is 0 Å². The Morgan fingerprint density at radius 1 is 1.00 bits per heavy atom. The normalized spacial score (nSPS) is 12.0. The van der Waals surface area contributed by atoms with Gasteiger partial charge in [-0.15, -0.1) is 0 Å². The van der Waals surface area contributed by atoms with E-state index in [-0.39, 0.29) is 19.3 Å². The van der Waals surface area contributed by atoms with Gasteiger partial charge in [-0.05, 0) is 36.8 Å². The second-order valence-electron chi connectivity index (χ2n) is 6.40. The Balaban J connectivity index is 1.99. The molecule has 2 aromatic carbocycles. The van der Waals surface area contributed by atoms with Gasteiger partial charge in [0.25, 0.3) is 0 Å². The highest BCUT2D eigenvalue weighted by molar-refractivity contribution is 7.93. The molecule has 0 unspecified atom stereocenters. The van der Waals surface area contributed by atoms with Crippen LogP contribution in [0.2, 0.25) is 0 Å². The van der Waals surface area contributed by atoms with Crippen molar-refractivity contribution < 1.29 is 21.6 Å². The van der Waals surface area contributed by atoms with Crippen molar-refractivity contribution in [3.8, 4) is 5.75 Å². The highest BCUT2D eigenvalue weighted by Gasteiger charge is 2.29. The Morgan fingerprint density at radius 2 is 1.62 bits per heavy atom. The Morgan fingerprint density at radius 3 is 2.17 bits per heavy atom. The summed E-state index contributed by atoms with van der Waals surface area (Å²) in [5, 5.41) is 2.91. The van der Waals surface area contributed by atoms with Crippen LogP contribution in [0.5, 0.6) is 5.75 Å². The van der Waals surface area contributed by atoms with Crippen LogP contribution in [0.15, 0.2) is 62.8 Å². The van der Waals surface area contributed by atoms with Crippen LogP contribution in [0, 0.1) is 6.92 Å². The minimum Gasteiger partial charge on any atom is -0.497 e. The first-order chi connectivity index (χ1) is 13.6. The summed E-state index contributed by atoms with van der Waals surface area (Å²) in [6.07, 6.45) is 1.00. The number of hydrogen-bond acceptors (Lipinski definition) is 8. The van der Waals surface area contributed by atoms with Gasteiger partial charge in [0.15, 0.2) is 5.03 Å². The Hall–Kier alpha value is -2.43. The average molecular weight is 453 g/mol. The Bertz CT molecular complexity index is 1210. The molecule has 0 bridgehead atoms. The second kappa shape index (κ2) is 8.13. The number of thiazole rings is 1. The number of rotatable bonds is 7. The van der Waals surface area contributed by atoms with Crippen LogP contribution in [-0.2, 0) is 26.2 Å². The molecule has 1 heterocycles. The zero-order valence-electron chi connectivity index (χ0n) is 16.0. The number of nitrogens with one attached hydrogen (secondary N) is 1. The van der Waals surface area contributed by atoms with E-state index in [9.17, 15) is 16.8 Å². The summed E-state index contributed by atoms with van der Waals surface area (Å²) in [6.45, 7) is 2.15. The van der Waals surface area contributed by atoms with E-state index < -0.39 is 19.7 Å². The monoisotopic (exact) mass is 452 g/mol. The maximum Gasteiger partial charge on any atom is 0.226 e. The van der Waals surface area contributed by atoms with E-state index >= 15 is 0 Å². The van der Waals surface area contributed by atoms with Crippen molar-refractivity contribution in [2.75, 3.05) is 18.7 Å². The molecule has 0 fully saturated rings. The van der Waals surface area contributed by atoms with Crippen molar-refractivity contribution in [3.05, 3.63) is 59.7 Å². The van der Waals surface area contributed by atoms with Crippen LogP contribution >= 0.6 is 11.3 Å². The van der Waals surface area contributed by atoms with Gasteiger partial charge < -0.3 is 10.1 Å². The number of methoxy groups -OCH3 is 1. The molecule has 0 amide bonds. The molecule has 0 saturated heterocycles. The largest absolute Gasteiger partial charge is 0.497 e. The first-order valence-electron chi connectivity index (χ1n) is 8.50. The Kier molecular flexibility index (Phi) is 5.97. The lowest BCUT2D eigenvalue weighted by molar-refractivity contribution is 0.414. The third-order valence-corrected chi connectivity index (χ3v) is 8.61. The van der Waals surface area contributed by atoms with Gasteiger partial charge in [0, 0.05) is 12.8 Å². The molecule has 0 atom stereocenters. The van der Waals surface area contributed by atoms with Crippen LogP contribution in [0.25, 0.3) is 0 Å². The van der Waals surface area contributed by atoms with Crippen LogP contribution in [0.1, 0.15) is 11.1 Å². The van der Waals surface area contributed by atoms with E-state index in [1.807, 2.05) is 19.1 Å². The maximum atomic E-state index is 13.1. The highest BCUT2D eigenvalue weighted by Crippen LogP contribution is 2.35. The van der Waals surface area contributed by atoms with Gasteiger partial charge in [-0.1, -0.05) is 41.2 Å². The molecule has 0 aliphatic carbocycles. The number of aryl methyl sites for hydroxylation is 1. The number of benzene rings is 2. The highest BCUT2D eigenvalue weighted by atomic mass is 32.2. The first-order valence-corrected chi connectivity index (χ1v) is 12.7. The quantitative estimate of drug-likeness (QED) is 0.587. The molecule has 1 N–H and O–H groups in total. The van der Waals surface area contributed by atoms with E-state index in [1.165, 1.54) is 12.1 Å². The third-order valence-electron chi connectivity index (χ3n) is 4.09. The molecular formula is C19H20N2O5S3. The van der Waals surface area contributed by atoms with E-state index in [1.54, 1.807) is 31.4 Å². The molecule has 29 heavy (non-hydrogen) atoms. The van der Waals surface area contributed by atoms with Crippen LogP contribution in [0.3, 0.4) is 0 Å². The van der Waals surface area contributed by atoms with Crippen molar-refractivity contribution in [1.29, 1.82) is 0 Å². The van der Waals surface area contributed by atoms with E-state index in [0.717, 1.165) is 28.7 Å². The predicted molar refractivity (Wildman–Crippen MR) is 112 cm³/mol. The summed E-state index contributed by atoms with van der Waals surface area (Å²) in [5.41, 5.74) is 1.79. The number of hydrogen-bond donors (Lipinski definition) is 1. The van der Waals surface area contributed by atoms with Crippen molar-refractivity contribution in [1.82, 2.24) is 4.98 Å². The fraction of sp³-hybridized carbons (Fsp3) is 0.211. The topological polar surface area (TPSA) is 102 Å². The smallest absolute Gasteiger partial charge is 0.226 e. The van der Waals surface area contributed by atoms with Crippen molar-refractivity contribution in [2.45, 2.75) is 27.7 Å². The van der Waals surface area contributed by atoms with E-state index in [4.69, 9.17) is 4.74 Å². The summed E-state index contributed by atoms with van der Waals surface area (Å²) in [5.74, 6) is 0.702. The molecule has 0 radical (unpaired) electrons.